The molecule has 2 atom stereocenters. The molecular formula is C34H43N3O4. The highest BCUT2D eigenvalue weighted by molar-refractivity contribution is 5.83. The van der Waals surface area contributed by atoms with E-state index in [1.807, 2.05) is 74.0 Å². The van der Waals surface area contributed by atoms with Crippen LogP contribution >= 0.6 is 0 Å². The van der Waals surface area contributed by atoms with Gasteiger partial charge in [0.1, 0.15) is 11.3 Å². The summed E-state index contributed by atoms with van der Waals surface area (Å²) in [6, 6.07) is 20.1. The molecule has 0 saturated carbocycles. The van der Waals surface area contributed by atoms with Gasteiger partial charge in [-0.2, -0.15) is 0 Å². The van der Waals surface area contributed by atoms with Gasteiger partial charge >= 0.3 is 5.97 Å². The minimum atomic E-state index is -0.547. The molecule has 7 heteroatoms. The predicted octanol–water partition coefficient (Wildman–Crippen LogP) is 7.05. The standard InChI is InChI=1S/C34H43N3O4/c1-5-29(21-28-16-15-24(2)30(22-28)26(4)38)34(39)41-32-18-17-31-33(25(32)3)35-36-37(31)19-11-6-7-12-20-40-23-27-13-9-8-10-14-27/h8-10,13-18,22,26,29,38H,5-7,11-12,19-21,23H2,1-4H3/t26-,29?/m0/s1. The fourth-order valence-corrected chi connectivity index (χ4v) is 5.15. The van der Waals surface area contributed by atoms with Gasteiger partial charge in [0.2, 0.25) is 0 Å². The average Bonchev–Trinajstić information content (AvgIpc) is 3.39. The van der Waals surface area contributed by atoms with Crippen LogP contribution in [-0.4, -0.2) is 32.7 Å². The van der Waals surface area contributed by atoms with Gasteiger partial charge in [-0.25, -0.2) is 4.68 Å². The van der Waals surface area contributed by atoms with Crippen molar-refractivity contribution in [3.8, 4) is 5.75 Å². The molecule has 0 saturated heterocycles. The first-order valence-corrected chi connectivity index (χ1v) is 14.8. The Morgan fingerprint density at radius 2 is 1.76 bits per heavy atom. The third-order valence-electron chi connectivity index (χ3n) is 7.72. The summed E-state index contributed by atoms with van der Waals surface area (Å²) in [5, 5.41) is 18.8. The molecule has 0 aliphatic heterocycles. The van der Waals surface area contributed by atoms with Crippen molar-refractivity contribution in [3.63, 3.8) is 0 Å². The van der Waals surface area contributed by atoms with Crippen LogP contribution < -0.4 is 4.74 Å². The number of aliphatic hydroxyl groups excluding tert-OH is 1. The molecule has 0 spiro atoms. The lowest BCUT2D eigenvalue weighted by atomic mass is 9.93. The summed E-state index contributed by atoms with van der Waals surface area (Å²) in [5.41, 5.74) is 6.69. The van der Waals surface area contributed by atoms with E-state index in [4.69, 9.17) is 9.47 Å². The largest absolute Gasteiger partial charge is 0.426 e. The maximum atomic E-state index is 13.1. The fraction of sp³-hybridized carbons (Fsp3) is 0.441. The number of carbonyl (C=O) groups excluding carboxylic acids is 1. The number of benzene rings is 3. The van der Waals surface area contributed by atoms with Crippen molar-refractivity contribution in [1.82, 2.24) is 15.0 Å². The summed E-state index contributed by atoms with van der Waals surface area (Å²) >= 11 is 0. The molecule has 0 aliphatic rings. The summed E-state index contributed by atoms with van der Waals surface area (Å²) in [4.78, 5) is 13.1. The highest BCUT2D eigenvalue weighted by Gasteiger charge is 2.22. The van der Waals surface area contributed by atoms with E-state index in [1.165, 1.54) is 5.56 Å². The lowest BCUT2D eigenvalue weighted by molar-refractivity contribution is -0.139. The molecule has 1 aromatic heterocycles. The minimum Gasteiger partial charge on any atom is -0.426 e. The van der Waals surface area contributed by atoms with Crippen LogP contribution in [0, 0.1) is 19.8 Å². The molecule has 0 aliphatic carbocycles. The van der Waals surface area contributed by atoms with Crippen LogP contribution in [0.25, 0.3) is 11.0 Å². The second-order valence-corrected chi connectivity index (χ2v) is 10.9. The van der Waals surface area contributed by atoms with Gasteiger partial charge < -0.3 is 14.6 Å². The van der Waals surface area contributed by atoms with Crippen LogP contribution in [0.15, 0.2) is 60.7 Å². The number of carbonyl (C=O) groups is 1. The van der Waals surface area contributed by atoms with E-state index in [-0.39, 0.29) is 11.9 Å². The van der Waals surface area contributed by atoms with Gasteiger partial charge in [-0.15, -0.1) is 5.10 Å². The average molecular weight is 558 g/mol. The van der Waals surface area contributed by atoms with Crippen molar-refractivity contribution in [2.45, 2.75) is 85.5 Å². The van der Waals surface area contributed by atoms with Crippen molar-refractivity contribution >= 4 is 17.0 Å². The van der Waals surface area contributed by atoms with E-state index in [0.29, 0.717) is 25.2 Å². The lowest BCUT2D eigenvalue weighted by Gasteiger charge is -2.17. The molecule has 4 aromatic rings. The first kappa shape index (κ1) is 30.4. The van der Waals surface area contributed by atoms with Crippen molar-refractivity contribution in [3.05, 3.63) is 88.5 Å². The Morgan fingerprint density at radius 1 is 0.976 bits per heavy atom. The van der Waals surface area contributed by atoms with Gasteiger partial charge in [-0.3, -0.25) is 4.79 Å². The number of esters is 1. The number of hydrogen-bond donors (Lipinski definition) is 1. The van der Waals surface area contributed by atoms with Gasteiger partial charge in [0, 0.05) is 18.7 Å². The van der Waals surface area contributed by atoms with Crippen LogP contribution in [-0.2, 0) is 29.1 Å². The first-order valence-electron chi connectivity index (χ1n) is 14.8. The number of unbranched alkanes of at least 4 members (excludes halogenated alkanes) is 3. The minimum absolute atomic E-state index is 0.255. The van der Waals surface area contributed by atoms with Gasteiger partial charge in [-0.1, -0.05) is 73.5 Å². The van der Waals surface area contributed by atoms with Crippen molar-refractivity contribution < 1.29 is 19.4 Å². The first-order chi connectivity index (χ1) is 19.9. The number of aliphatic hydroxyl groups is 1. The molecule has 1 heterocycles. The number of hydrogen-bond acceptors (Lipinski definition) is 6. The van der Waals surface area contributed by atoms with Crippen LogP contribution in [0.4, 0.5) is 0 Å². The molecule has 1 N–H and O–H groups in total. The van der Waals surface area contributed by atoms with E-state index in [0.717, 1.165) is 72.1 Å². The third kappa shape index (κ3) is 8.24. The van der Waals surface area contributed by atoms with E-state index in [9.17, 15) is 9.90 Å². The monoisotopic (exact) mass is 557 g/mol. The smallest absolute Gasteiger partial charge is 0.314 e. The molecule has 41 heavy (non-hydrogen) atoms. The number of rotatable bonds is 15. The molecule has 0 amide bonds. The zero-order chi connectivity index (χ0) is 29.2. The number of fused-ring (bicyclic) bond motifs is 1. The summed E-state index contributed by atoms with van der Waals surface area (Å²) < 4.78 is 13.6. The van der Waals surface area contributed by atoms with Gasteiger partial charge in [-0.05, 0) is 80.8 Å². The van der Waals surface area contributed by atoms with Crippen LogP contribution in [0.2, 0.25) is 0 Å². The topological polar surface area (TPSA) is 86.5 Å². The Hall–Kier alpha value is -3.55. The zero-order valence-electron chi connectivity index (χ0n) is 24.8. The van der Waals surface area contributed by atoms with Crippen LogP contribution in [0.1, 0.15) is 79.9 Å². The second kappa shape index (κ2) is 14.9. The third-order valence-corrected chi connectivity index (χ3v) is 7.72. The van der Waals surface area contributed by atoms with Gasteiger partial charge in [0.25, 0.3) is 0 Å². The highest BCUT2D eigenvalue weighted by atomic mass is 16.5. The van der Waals surface area contributed by atoms with Gasteiger partial charge in [0.05, 0.1) is 24.1 Å². The van der Waals surface area contributed by atoms with Crippen LogP contribution in [0.5, 0.6) is 5.75 Å². The Bertz CT molecular complexity index is 1410. The summed E-state index contributed by atoms with van der Waals surface area (Å²) in [7, 11) is 0. The molecular weight excluding hydrogens is 514 g/mol. The number of ether oxygens (including phenoxy) is 2. The quantitative estimate of drug-likeness (QED) is 0.0957. The normalized spacial score (nSPS) is 12.9. The number of aryl methyl sites for hydroxylation is 3. The molecule has 1 unspecified atom stereocenters. The summed E-state index contributed by atoms with van der Waals surface area (Å²) in [5.74, 6) is -0.0135. The van der Waals surface area contributed by atoms with Crippen molar-refractivity contribution in [2.75, 3.05) is 6.61 Å². The molecule has 3 aromatic carbocycles. The zero-order valence-corrected chi connectivity index (χ0v) is 24.8. The molecule has 7 nitrogen and oxygen atoms in total. The molecule has 0 fully saturated rings. The van der Waals surface area contributed by atoms with E-state index < -0.39 is 6.10 Å². The Kier molecular flexibility index (Phi) is 11.0. The van der Waals surface area contributed by atoms with E-state index in [2.05, 4.69) is 22.4 Å². The van der Waals surface area contributed by atoms with Gasteiger partial charge in [0.15, 0.2) is 0 Å². The predicted molar refractivity (Wildman–Crippen MR) is 162 cm³/mol. The second-order valence-electron chi connectivity index (χ2n) is 10.9. The summed E-state index contributed by atoms with van der Waals surface area (Å²) in [6.07, 6.45) is 4.95. The number of nitrogens with zero attached hydrogens (tertiary/aromatic N) is 3. The Balaban J connectivity index is 1.27. The lowest BCUT2D eigenvalue weighted by Crippen LogP contribution is -2.22. The summed E-state index contributed by atoms with van der Waals surface area (Å²) in [6.45, 7) is 9.90. The molecule has 4 rings (SSSR count). The van der Waals surface area contributed by atoms with E-state index >= 15 is 0 Å². The Morgan fingerprint density at radius 3 is 2.51 bits per heavy atom. The molecule has 0 radical (unpaired) electrons. The Labute approximate surface area is 243 Å². The maximum Gasteiger partial charge on any atom is 0.314 e. The van der Waals surface area contributed by atoms with Crippen molar-refractivity contribution in [2.24, 2.45) is 5.92 Å². The van der Waals surface area contributed by atoms with Crippen LogP contribution in [0.3, 0.4) is 0 Å². The fourth-order valence-electron chi connectivity index (χ4n) is 5.15. The molecule has 0 bridgehead atoms. The van der Waals surface area contributed by atoms with Crippen molar-refractivity contribution in [1.29, 1.82) is 0 Å². The number of aromatic nitrogens is 3. The highest BCUT2D eigenvalue weighted by Crippen LogP contribution is 2.28. The SMILES string of the molecule is CCC(Cc1ccc(C)c([C@H](C)O)c1)C(=O)Oc1ccc2c(nnn2CCCCCCOCc2ccccc2)c1C. The molecule has 218 valence electrons. The maximum absolute atomic E-state index is 13.1. The van der Waals surface area contributed by atoms with E-state index in [1.54, 1.807) is 6.92 Å².